The highest BCUT2D eigenvalue weighted by Crippen LogP contribution is 2.35. The Bertz CT molecular complexity index is 925. The molecule has 1 N–H and O–H groups in total. The van der Waals surface area contributed by atoms with Crippen molar-refractivity contribution in [2.75, 3.05) is 6.54 Å². The van der Waals surface area contributed by atoms with E-state index in [0.717, 1.165) is 29.5 Å². The summed E-state index contributed by atoms with van der Waals surface area (Å²) < 4.78 is 5.58. The number of hydrogen-bond donors (Lipinski definition) is 1. The maximum atomic E-state index is 12.8. The zero-order valence-corrected chi connectivity index (χ0v) is 18.1. The van der Waals surface area contributed by atoms with Gasteiger partial charge in [0, 0.05) is 12.5 Å². The number of benzene rings is 2. The molecule has 0 bridgehead atoms. The van der Waals surface area contributed by atoms with Crippen LogP contribution in [0.3, 0.4) is 0 Å². The van der Waals surface area contributed by atoms with Crippen LogP contribution in [0, 0.1) is 18.3 Å². The molecule has 3 rings (SSSR count). The molecule has 0 radical (unpaired) electrons. The van der Waals surface area contributed by atoms with Crippen LogP contribution in [-0.2, 0) is 4.74 Å². The average Bonchev–Trinajstić information content (AvgIpc) is 3.17. The molecule has 0 unspecified atom stereocenters. The van der Waals surface area contributed by atoms with Crippen LogP contribution in [0.1, 0.15) is 61.8 Å². The van der Waals surface area contributed by atoms with Crippen LogP contribution < -0.4 is 0 Å². The number of aliphatic hydroxyl groups is 1. The highest BCUT2D eigenvalue weighted by Gasteiger charge is 2.40. The van der Waals surface area contributed by atoms with Crippen molar-refractivity contribution in [1.29, 1.82) is 5.26 Å². The van der Waals surface area contributed by atoms with Crippen molar-refractivity contribution in [3.05, 3.63) is 70.8 Å². The summed E-state index contributed by atoms with van der Waals surface area (Å²) in [6, 6.07) is 17.2. The lowest BCUT2D eigenvalue weighted by molar-refractivity contribution is 0.00255. The predicted molar refractivity (Wildman–Crippen MR) is 116 cm³/mol. The molecule has 5 nitrogen and oxygen atoms in total. The van der Waals surface area contributed by atoms with E-state index in [0.29, 0.717) is 12.1 Å². The van der Waals surface area contributed by atoms with E-state index < -0.39 is 11.7 Å². The molecule has 0 spiro atoms. The number of carbonyl (C=O) groups excluding carboxylic acids is 1. The smallest absolute Gasteiger partial charge is 0.410 e. The molecule has 3 atom stereocenters. The normalized spacial score (nSPS) is 18.5. The summed E-state index contributed by atoms with van der Waals surface area (Å²) >= 11 is 0. The standard InChI is InChI=1S/C25H30N2O3/c1-17-7-5-8-20(15-17)22(19-12-10-18(16-26)11-13-19)23(28)21-9-6-14-27(21)24(29)30-25(2,3)4/h5,7-8,10-13,15,21-23,28H,6,9,14H2,1-4H3/t21-,22-,23+/m1/s1. The van der Waals surface area contributed by atoms with Crippen LogP contribution in [0.15, 0.2) is 48.5 Å². The summed E-state index contributed by atoms with van der Waals surface area (Å²) in [6.07, 6.45) is 0.370. The SMILES string of the molecule is Cc1cccc([C@@H](c2ccc(C#N)cc2)[C@@H](O)[C@H]2CCCN2C(=O)OC(C)(C)C)c1. The Morgan fingerprint density at radius 3 is 2.50 bits per heavy atom. The maximum Gasteiger partial charge on any atom is 0.410 e. The molecule has 0 saturated carbocycles. The van der Waals surface area contributed by atoms with E-state index in [4.69, 9.17) is 10.00 Å². The van der Waals surface area contributed by atoms with E-state index in [1.165, 1.54) is 0 Å². The summed E-state index contributed by atoms with van der Waals surface area (Å²) in [5, 5.41) is 20.7. The highest BCUT2D eigenvalue weighted by atomic mass is 16.6. The van der Waals surface area contributed by atoms with Gasteiger partial charge >= 0.3 is 6.09 Å². The number of ether oxygens (including phenoxy) is 1. The maximum absolute atomic E-state index is 12.8. The molecule has 5 heteroatoms. The summed E-state index contributed by atoms with van der Waals surface area (Å²) in [5.74, 6) is -0.314. The minimum Gasteiger partial charge on any atom is -0.444 e. The second-order valence-electron chi connectivity index (χ2n) is 9.00. The number of nitrogens with zero attached hydrogens (tertiary/aromatic N) is 2. The van der Waals surface area contributed by atoms with E-state index in [-0.39, 0.29) is 18.1 Å². The molecule has 1 fully saturated rings. The molecular formula is C25H30N2O3. The molecule has 2 aromatic rings. The monoisotopic (exact) mass is 406 g/mol. The Balaban J connectivity index is 1.96. The Hall–Kier alpha value is -2.84. The van der Waals surface area contributed by atoms with Crippen molar-refractivity contribution >= 4 is 6.09 Å². The molecule has 1 aliphatic heterocycles. The fourth-order valence-electron chi connectivity index (χ4n) is 4.13. The van der Waals surface area contributed by atoms with Gasteiger partial charge in [0.1, 0.15) is 5.60 Å². The van der Waals surface area contributed by atoms with Gasteiger partial charge in [-0.05, 0) is 63.8 Å². The molecule has 158 valence electrons. The van der Waals surface area contributed by atoms with E-state index in [1.54, 1.807) is 17.0 Å². The lowest BCUT2D eigenvalue weighted by Crippen LogP contribution is -2.47. The molecule has 1 amide bonds. The fraction of sp³-hybridized carbons (Fsp3) is 0.440. The Labute approximate surface area is 178 Å². The van der Waals surface area contributed by atoms with Gasteiger partial charge in [0.15, 0.2) is 0 Å². The first kappa shape index (κ1) is 21.9. The first-order valence-corrected chi connectivity index (χ1v) is 10.4. The Kier molecular flexibility index (Phi) is 6.48. The molecule has 1 aliphatic rings. The minimum atomic E-state index is -0.797. The average molecular weight is 407 g/mol. The second kappa shape index (κ2) is 8.89. The van der Waals surface area contributed by atoms with Crippen LogP contribution >= 0.6 is 0 Å². The van der Waals surface area contributed by atoms with Crippen molar-refractivity contribution in [3.8, 4) is 6.07 Å². The highest BCUT2D eigenvalue weighted by molar-refractivity contribution is 5.69. The van der Waals surface area contributed by atoms with E-state index in [2.05, 4.69) is 12.1 Å². The summed E-state index contributed by atoms with van der Waals surface area (Å²) in [6.45, 7) is 8.13. The zero-order chi connectivity index (χ0) is 21.9. The van der Waals surface area contributed by atoms with Gasteiger partial charge in [-0.25, -0.2) is 4.79 Å². The van der Waals surface area contributed by atoms with Gasteiger partial charge in [-0.15, -0.1) is 0 Å². The van der Waals surface area contributed by atoms with Gasteiger partial charge in [0.2, 0.25) is 0 Å². The van der Waals surface area contributed by atoms with Crippen LogP contribution in [0.25, 0.3) is 0 Å². The summed E-state index contributed by atoms with van der Waals surface area (Å²) in [4.78, 5) is 14.4. The van der Waals surface area contributed by atoms with Crippen LogP contribution in [0.2, 0.25) is 0 Å². The van der Waals surface area contributed by atoms with E-state index in [1.807, 2.05) is 58.0 Å². The molecular weight excluding hydrogens is 376 g/mol. The number of likely N-dealkylation sites (tertiary alicyclic amines) is 1. The number of aryl methyl sites for hydroxylation is 1. The number of hydrogen-bond acceptors (Lipinski definition) is 4. The molecule has 0 aliphatic carbocycles. The van der Waals surface area contributed by atoms with Gasteiger partial charge in [-0.2, -0.15) is 5.26 Å². The number of rotatable bonds is 4. The van der Waals surface area contributed by atoms with Crippen LogP contribution in [-0.4, -0.2) is 40.4 Å². The fourth-order valence-corrected chi connectivity index (χ4v) is 4.13. The molecule has 30 heavy (non-hydrogen) atoms. The van der Waals surface area contributed by atoms with Gasteiger partial charge in [-0.3, -0.25) is 0 Å². The number of amides is 1. The van der Waals surface area contributed by atoms with Crippen LogP contribution in [0.4, 0.5) is 4.79 Å². The van der Waals surface area contributed by atoms with Gasteiger partial charge in [0.25, 0.3) is 0 Å². The lowest BCUT2D eigenvalue weighted by Gasteiger charge is -2.35. The van der Waals surface area contributed by atoms with Gasteiger partial charge < -0.3 is 14.7 Å². The third-order valence-electron chi connectivity index (χ3n) is 5.46. The first-order valence-electron chi connectivity index (χ1n) is 10.4. The van der Waals surface area contributed by atoms with Crippen molar-refractivity contribution in [2.45, 2.75) is 64.2 Å². The first-order chi connectivity index (χ1) is 14.2. The summed E-state index contributed by atoms with van der Waals surface area (Å²) in [7, 11) is 0. The van der Waals surface area contributed by atoms with Crippen molar-refractivity contribution in [3.63, 3.8) is 0 Å². The molecule has 2 aromatic carbocycles. The number of aliphatic hydroxyl groups excluding tert-OH is 1. The summed E-state index contributed by atoms with van der Waals surface area (Å²) in [5.41, 5.74) is 3.01. The lowest BCUT2D eigenvalue weighted by atomic mass is 9.82. The second-order valence-corrected chi connectivity index (χ2v) is 9.00. The number of carbonyl (C=O) groups is 1. The molecule has 0 aromatic heterocycles. The van der Waals surface area contributed by atoms with E-state index >= 15 is 0 Å². The quantitative estimate of drug-likeness (QED) is 0.794. The van der Waals surface area contributed by atoms with Crippen LogP contribution in [0.5, 0.6) is 0 Å². The van der Waals surface area contributed by atoms with Gasteiger partial charge in [0.05, 0.1) is 23.8 Å². The number of nitriles is 1. The largest absolute Gasteiger partial charge is 0.444 e. The Morgan fingerprint density at radius 2 is 1.90 bits per heavy atom. The van der Waals surface area contributed by atoms with Crippen molar-refractivity contribution < 1.29 is 14.6 Å². The zero-order valence-electron chi connectivity index (χ0n) is 18.1. The van der Waals surface area contributed by atoms with Gasteiger partial charge in [-0.1, -0.05) is 42.0 Å². The van der Waals surface area contributed by atoms with E-state index in [9.17, 15) is 9.90 Å². The van der Waals surface area contributed by atoms with Crippen molar-refractivity contribution in [2.24, 2.45) is 0 Å². The van der Waals surface area contributed by atoms with Crippen molar-refractivity contribution in [1.82, 2.24) is 4.90 Å². The third kappa shape index (κ3) is 5.01. The molecule has 1 heterocycles. The minimum absolute atomic E-state index is 0.314. The molecule has 1 saturated heterocycles. The topological polar surface area (TPSA) is 73.6 Å². The third-order valence-corrected chi connectivity index (χ3v) is 5.46. The Morgan fingerprint density at radius 1 is 1.20 bits per heavy atom. The predicted octanol–water partition coefficient (Wildman–Crippen LogP) is 4.76.